The number of piperidine rings is 1. The molecule has 23 heavy (non-hydrogen) atoms. The highest BCUT2D eigenvalue weighted by atomic mass is 16.5. The summed E-state index contributed by atoms with van der Waals surface area (Å²) in [5.74, 6) is 0.381. The van der Waals surface area contributed by atoms with Crippen molar-refractivity contribution in [3.63, 3.8) is 0 Å². The zero-order valence-electron chi connectivity index (χ0n) is 17.2. The van der Waals surface area contributed by atoms with E-state index in [0.29, 0.717) is 29.8 Å². The minimum absolute atomic E-state index is 0.00208. The van der Waals surface area contributed by atoms with Crippen LogP contribution in [0.25, 0.3) is 0 Å². The molecule has 2 aliphatic heterocycles. The number of carbonyl (C=O) groups is 1. The lowest BCUT2D eigenvalue weighted by Crippen LogP contribution is -2.76. The quantitative estimate of drug-likeness (QED) is 0.883. The molecule has 1 saturated heterocycles. The van der Waals surface area contributed by atoms with E-state index in [1.165, 1.54) is 7.11 Å². The smallest absolute Gasteiger partial charge is 0.211 e. The Kier molecular flexibility index (Phi) is 1.83. The number of benzene rings is 1. The third-order valence-corrected chi connectivity index (χ3v) is 6.24. The van der Waals surface area contributed by atoms with Gasteiger partial charge < -0.3 is 19.5 Å². The van der Waals surface area contributed by atoms with Gasteiger partial charge in [0.2, 0.25) is 1.43 Å². The molecule has 2 aliphatic carbocycles. The number of ketones is 1. The lowest BCUT2D eigenvalue weighted by atomic mass is 9.49. The number of likely N-dealkylation sites (tertiary alicyclic amines) is 1. The van der Waals surface area contributed by atoms with Gasteiger partial charge in [-0.2, -0.15) is 0 Å². The van der Waals surface area contributed by atoms with Gasteiger partial charge in [-0.25, -0.2) is 0 Å². The molecule has 1 saturated carbocycles. The van der Waals surface area contributed by atoms with Gasteiger partial charge in [0.15, 0.2) is 23.4 Å². The van der Waals surface area contributed by atoms with Crippen LogP contribution in [0.4, 0.5) is 0 Å². The largest absolute Gasteiger partial charge is 0.493 e. The number of nitrogens with zero attached hydrogens (tertiary/aromatic N) is 1. The van der Waals surface area contributed by atoms with Gasteiger partial charge in [-0.1, -0.05) is 6.04 Å². The molecule has 5 nitrogen and oxygen atoms in total. The Bertz CT molecular complexity index is 895. The van der Waals surface area contributed by atoms with E-state index in [1.807, 2.05) is 11.9 Å². The molecule has 2 heterocycles. The van der Waals surface area contributed by atoms with Crippen LogP contribution in [-0.4, -0.2) is 55.6 Å². The fourth-order valence-corrected chi connectivity index (χ4v) is 5.21. The predicted octanol–water partition coefficient (Wildman–Crippen LogP) is 1.05. The average Bonchev–Trinajstić information content (AvgIpc) is 2.99. The van der Waals surface area contributed by atoms with Gasteiger partial charge in [-0.3, -0.25) is 4.79 Å². The third-order valence-electron chi connectivity index (χ3n) is 6.24. The van der Waals surface area contributed by atoms with Gasteiger partial charge >= 0.3 is 0 Å². The second-order valence-corrected chi connectivity index (χ2v) is 7.02. The van der Waals surface area contributed by atoms with Crippen molar-refractivity contribution in [3.05, 3.63) is 23.2 Å². The number of likely N-dealkylation sites (N-methyl/N-ethyl adjacent to an activating group) is 1. The summed E-state index contributed by atoms with van der Waals surface area (Å²) < 4.78 is 45.7. The van der Waals surface area contributed by atoms with Crippen LogP contribution in [0.1, 0.15) is 34.5 Å². The molecule has 5 heteroatoms. The van der Waals surface area contributed by atoms with E-state index < -0.39 is 23.1 Å². The molecule has 0 aromatic heterocycles. The molecular formula is C18H21NO4. The topological polar surface area (TPSA) is 59.0 Å². The highest BCUT2D eigenvalue weighted by Crippen LogP contribution is 2.64. The van der Waals surface area contributed by atoms with Crippen molar-refractivity contribution in [1.82, 2.24) is 4.90 Å². The number of carbonyl (C=O) groups excluding carboxylic acids is 1. The average molecular weight is 319 g/mol. The minimum Gasteiger partial charge on any atom is -0.493 e. The Morgan fingerprint density at radius 3 is 3.22 bits per heavy atom. The van der Waals surface area contributed by atoms with Crippen molar-refractivity contribution in [2.75, 3.05) is 20.7 Å². The molecule has 1 spiro atoms. The Hall–Kier alpha value is -1.59. The van der Waals surface area contributed by atoms with E-state index in [9.17, 15) is 6.17 Å². The summed E-state index contributed by atoms with van der Waals surface area (Å²) in [6.07, 6.45) is 0.192. The van der Waals surface area contributed by atoms with Gasteiger partial charge in [0, 0.05) is 18.0 Å². The van der Waals surface area contributed by atoms with E-state index in [2.05, 4.69) is 0 Å². The number of hydrogen-bond acceptors (Lipinski definition) is 5. The van der Waals surface area contributed by atoms with Crippen molar-refractivity contribution in [1.29, 1.82) is 1.43 Å². The van der Waals surface area contributed by atoms with Gasteiger partial charge in [0.05, 0.1) is 22.2 Å². The van der Waals surface area contributed by atoms with Crippen LogP contribution < -0.4 is 9.47 Å². The molecule has 1 unspecified atom stereocenters. The second kappa shape index (κ2) is 4.08. The minimum atomic E-state index is -1.32. The van der Waals surface area contributed by atoms with Gasteiger partial charge in [-0.05, 0) is 44.5 Å². The highest BCUT2D eigenvalue weighted by Gasteiger charge is 2.72. The lowest BCUT2D eigenvalue weighted by Gasteiger charge is -2.62. The summed E-state index contributed by atoms with van der Waals surface area (Å²) in [5.41, 5.74) is -1.05. The zero-order chi connectivity index (χ0) is 19.4. The van der Waals surface area contributed by atoms with Crippen LogP contribution in [0.3, 0.4) is 0 Å². The van der Waals surface area contributed by atoms with E-state index in [-0.39, 0.29) is 42.9 Å². The lowest BCUT2D eigenvalue weighted by molar-refractivity contribution is -0.185. The first-order chi connectivity index (χ1) is 12.8. The Morgan fingerprint density at radius 1 is 1.57 bits per heavy atom. The molecule has 0 radical (unpaired) electrons. The molecule has 1 N–H and O–H groups in total. The maximum Gasteiger partial charge on any atom is 0.211 e. The van der Waals surface area contributed by atoms with Crippen LogP contribution in [0, 0.1) is 0 Å². The predicted molar refractivity (Wildman–Crippen MR) is 83.0 cm³/mol. The first-order valence-corrected chi connectivity index (χ1v) is 8.04. The SMILES string of the molecule is [2H]O[C@@]12CCC(=O)C3Oc4c(OC)c([2H])c([2H])c5c4[C@@]31CCN(C)[C@]2([2H])C5. The van der Waals surface area contributed by atoms with Crippen LogP contribution >= 0.6 is 0 Å². The molecule has 2 bridgehead atoms. The number of ether oxygens (including phenoxy) is 2. The van der Waals surface area contributed by atoms with Crippen molar-refractivity contribution in [2.24, 2.45) is 0 Å². The third kappa shape index (κ3) is 1.32. The van der Waals surface area contributed by atoms with Crippen molar-refractivity contribution in [3.8, 4) is 11.5 Å². The van der Waals surface area contributed by atoms with E-state index in [4.69, 9.17) is 18.8 Å². The van der Waals surface area contributed by atoms with Crippen LogP contribution in [0.15, 0.2) is 12.1 Å². The molecule has 0 amide bonds. The maximum absolute atomic E-state index is 12.9. The first-order valence-electron chi connectivity index (χ1n) is 9.95. The van der Waals surface area contributed by atoms with Crippen molar-refractivity contribution in [2.45, 2.75) is 48.8 Å². The van der Waals surface area contributed by atoms with Crippen molar-refractivity contribution >= 4 is 5.78 Å². The van der Waals surface area contributed by atoms with Crippen LogP contribution in [0.5, 0.6) is 11.5 Å². The monoisotopic (exact) mass is 319 g/mol. The van der Waals surface area contributed by atoms with Gasteiger partial charge in [-0.15, -0.1) is 0 Å². The maximum atomic E-state index is 12.9. The first kappa shape index (κ1) is 10.3. The summed E-state index contributed by atoms with van der Waals surface area (Å²) in [6.45, 7) is 0.554. The second-order valence-electron chi connectivity index (χ2n) is 7.02. The number of methoxy groups -OCH3 is 1. The Labute approximate surface area is 140 Å². The molecule has 1 aromatic carbocycles. The summed E-state index contributed by atoms with van der Waals surface area (Å²) >= 11 is 0. The molecule has 4 atom stereocenters. The standard InChI is InChI=1S/C18H21NO4/c1-19-8-7-17-14-10-3-4-12(22-2)15(14)23-16(17)11(20)5-6-18(17,21)13(19)9-10/h3-4,13,16,21H,5-9H2,1-2H3/t13-,16?,17+,18-/m1/s1/i3D,4D,13D,21D. The molecule has 5 rings (SSSR count). The van der Waals surface area contributed by atoms with Gasteiger partial charge in [0.25, 0.3) is 0 Å². The van der Waals surface area contributed by atoms with Crippen molar-refractivity contribution < 1.29 is 23.5 Å². The summed E-state index contributed by atoms with van der Waals surface area (Å²) in [7, 11) is 3.24. The van der Waals surface area contributed by atoms with Crippen LogP contribution in [0.2, 0.25) is 0 Å². The Morgan fingerprint density at radius 2 is 2.43 bits per heavy atom. The zero-order valence-corrected chi connectivity index (χ0v) is 13.2. The number of aliphatic hydroxyl groups is 1. The fraction of sp³-hybridized carbons (Fsp3) is 0.611. The molecule has 4 aliphatic rings. The van der Waals surface area contributed by atoms with E-state index in [0.717, 1.165) is 0 Å². The molecule has 1 aromatic rings. The summed E-state index contributed by atoms with van der Waals surface area (Å²) in [4.78, 5) is 14.7. The fourth-order valence-electron chi connectivity index (χ4n) is 5.21. The van der Waals surface area contributed by atoms with E-state index >= 15 is 0 Å². The van der Waals surface area contributed by atoms with Crippen LogP contribution in [-0.2, 0) is 16.6 Å². The molecular weight excluding hydrogens is 294 g/mol. The highest BCUT2D eigenvalue weighted by molar-refractivity contribution is 5.90. The summed E-state index contributed by atoms with van der Waals surface area (Å²) in [5, 5.41) is 5.41. The van der Waals surface area contributed by atoms with E-state index in [1.54, 1.807) is 0 Å². The number of Topliss-reactive ketones (excluding diaryl/α,β-unsaturated/α-hetero) is 1. The normalized spacial score (nSPS) is 46.2. The molecule has 122 valence electrons. The van der Waals surface area contributed by atoms with Gasteiger partial charge in [0.1, 0.15) is 0 Å². The molecule has 2 fully saturated rings. The number of hydrogen-bond donors (Lipinski definition) is 1. The number of rotatable bonds is 2. The Balaban J connectivity index is 1.95. The summed E-state index contributed by atoms with van der Waals surface area (Å²) in [6, 6.07) is -1.42.